The molecule has 19 heavy (non-hydrogen) atoms. The van der Waals surface area contributed by atoms with Crippen molar-refractivity contribution in [3.63, 3.8) is 0 Å². The van der Waals surface area contributed by atoms with Crippen LogP contribution >= 0.6 is 0 Å². The van der Waals surface area contributed by atoms with Crippen LogP contribution in [0.1, 0.15) is 30.0 Å². The van der Waals surface area contributed by atoms with Crippen LogP contribution < -0.4 is 16.0 Å². The van der Waals surface area contributed by atoms with Gasteiger partial charge in [-0.2, -0.15) is 4.98 Å². The first kappa shape index (κ1) is 13.3. The summed E-state index contributed by atoms with van der Waals surface area (Å²) in [6.07, 6.45) is -0.0835. The predicted octanol–water partition coefficient (Wildman–Crippen LogP) is 2.52. The lowest BCUT2D eigenvalue weighted by Gasteiger charge is -2.17. The molecule has 100 valence electrons. The smallest absolute Gasteiger partial charge is 0.222 e. The normalized spacial score (nSPS) is 12.0. The van der Waals surface area contributed by atoms with Gasteiger partial charge in [-0.3, -0.25) is 0 Å². The monoisotopic (exact) mass is 258 g/mol. The molecule has 1 aromatic carbocycles. The molecular weight excluding hydrogens is 240 g/mol. The summed E-state index contributed by atoms with van der Waals surface area (Å²) in [6.45, 7) is 5.67. The van der Waals surface area contributed by atoms with Crippen molar-refractivity contribution < 1.29 is 4.74 Å². The third kappa shape index (κ3) is 3.00. The highest BCUT2D eigenvalue weighted by Crippen LogP contribution is 2.26. The Hall–Kier alpha value is -2.14. The van der Waals surface area contributed by atoms with Crippen LogP contribution in [0.25, 0.3) is 0 Å². The second kappa shape index (κ2) is 5.67. The third-order valence-electron chi connectivity index (χ3n) is 2.91. The zero-order valence-corrected chi connectivity index (χ0v) is 11.3. The number of hydrogen-bond donors (Lipinski definition) is 2. The van der Waals surface area contributed by atoms with E-state index < -0.39 is 0 Å². The van der Waals surface area contributed by atoms with Gasteiger partial charge in [0.05, 0.1) is 5.56 Å². The van der Waals surface area contributed by atoms with E-state index in [1.165, 1.54) is 0 Å². The van der Waals surface area contributed by atoms with Gasteiger partial charge in [-0.25, -0.2) is 10.8 Å². The highest BCUT2D eigenvalue weighted by molar-refractivity contribution is 5.47. The molecule has 0 amide bonds. The molecule has 1 aromatic heterocycles. The molecule has 1 atom stereocenters. The number of aryl methyl sites for hydroxylation is 1. The third-order valence-corrected chi connectivity index (χ3v) is 2.91. The zero-order valence-electron chi connectivity index (χ0n) is 11.3. The van der Waals surface area contributed by atoms with Crippen LogP contribution in [0.2, 0.25) is 0 Å². The fraction of sp³-hybridized carbons (Fsp3) is 0.286. The fourth-order valence-corrected chi connectivity index (χ4v) is 1.82. The van der Waals surface area contributed by atoms with Crippen molar-refractivity contribution in [2.45, 2.75) is 26.9 Å². The summed E-state index contributed by atoms with van der Waals surface area (Å²) in [6, 6.07) is 10.00. The maximum absolute atomic E-state index is 5.91. The number of nitrogen functional groups attached to an aromatic ring is 1. The molecule has 0 aliphatic carbocycles. The minimum atomic E-state index is -0.0835. The van der Waals surface area contributed by atoms with Gasteiger partial charge < -0.3 is 10.2 Å². The van der Waals surface area contributed by atoms with Crippen LogP contribution in [0.4, 0.5) is 5.82 Å². The molecule has 0 radical (unpaired) electrons. The Morgan fingerprint density at radius 1 is 1.16 bits per heavy atom. The van der Waals surface area contributed by atoms with Gasteiger partial charge in [0.1, 0.15) is 17.7 Å². The van der Waals surface area contributed by atoms with E-state index >= 15 is 0 Å². The molecule has 0 saturated heterocycles. The van der Waals surface area contributed by atoms with Crippen molar-refractivity contribution in [2.75, 3.05) is 5.43 Å². The van der Waals surface area contributed by atoms with Crippen molar-refractivity contribution in [2.24, 2.45) is 5.84 Å². The Labute approximate surface area is 112 Å². The first-order valence-electron chi connectivity index (χ1n) is 6.15. The summed E-state index contributed by atoms with van der Waals surface area (Å²) < 4.78 is 5.91. The average Bonchev–Trinajstić information content (AvgIpc) is 2.43. The Balaban J connectivity index is 2.26. The van der Waals surface area contributed by atoms with E-state index in [-0.39, 0.29) is 6.10 Å². The van der Waals surface area contributed by atoms with Gasteiger partial charge in [-0.1, -0.05) is 30.3 Å². The number of nitrogens with one attached hydrogen (secondary N) is 1. The quantitative estimate of drug-likeness (QED) is 0.651. The van der Waals surface area contributed by atoms with Gasteiger partial charge in [0.15, 0.2) is 0 Å². The molecule has 3 N–H and O–H groups in total. The van der Waals surface area contributed by atoms with Crippen molar-refractivity contribution >= 4 is 5.82 Å². The predicted molar refractivity (Wildman–Crippen MR) is 74.8 cm³/mol. The molecule has 0 bridgehead atoms. The van der Waals surface area contributed by atoms with Crippen molar-refractivity contribution in [1.29, 1.82) is 0 Å². The molecule has 0 saturated carbocycles. The first-order chi connectivity index (χ1) is 9.11. The summed E-state index contributed by atoms with van der Waals surface area (Å²) in [4.78, 5) is 8.52. The number of nitrogens with two attached hydrogens (primary N) is 1. The second-order valence-corrected chi connectivity index (χ2v) is 4.36. The number of ether oxygens (including phenoxy) is 1. The number of hydrogen-bond acceptors (Lipinski definition) is 5. The average molecular weight is 258 g/mol. The first-order valence-corrected chi connectivity index (χ1v) is 6.15. The number of anilines is 1. The minimum Gasteiger partial charge on any atom is -0.469 e. The summed E-state index contributed by atoms with van der Waals surface area (Å²) in [7, 11) is 0. The standard InChI is InChI=1S/C14H18N4O/c1-9-13(18-15)16-11(3)17-14(9)19-10(2)12-7-5-4-6-8-12/h4-8,10H,15H2,1-3H3,(H,16,17,18). The molecule has 2 aromatic rings. The lowest BCUT2D eigenvalue weighted by atomic mass is 10.1. The molecule has 0 aliphatic rings. The number of rotatable bonds is 4. The van der Waals surface area contributed by atoms with Gasteiger partial charge >= 0.3 is 0 Å². The topological polar surface area (TPSA) is 73.1 Å². The number of nitrogens with zero attached hydrogens (tertiary/aromatic N) is 2. The summed E-state index contributed by atoms with van der Waals surface area (Å²) in [5.74, 6) is 7.19. The van der Waals surface area contributed by atoms with Gasteiger partial charge in [-0.15, -0.1) is 0 Å². The number of hydrazine groups is 1. The lowest BCUT2D eigenvalue weighted by molar-refractivity contribution is 0.215. The molecule has 2 rings (SSSR count). The Morgan fingerprint density at radius 2 is 1.84 bits per heavy atom. The Kier molecular flexibility index (Phi) is 3.97. The van der Waals surface area contributed by atoms with E-state index in [0.29, 0.717) is 17.5 Å². The molecule has 5 nitrogen and oxygen atoms in total. The molecule has 5 heteroatoms. The maximum Gasteiger partial charge on any atom is 0.222 e. The second-order valence-electron chi connectivity index (χ2n) is 4.36. The largest absolute Gasteiger partial charge is 0.469 e. The maximum atomic E-state index is 5.91. The van der Waals surface area contributed by atoms with Gasteiger partial charge in [0, 0.05) is 0 Å². The zero-order chi connectivity index (χ0) is 13.8. The molecule has 0 aliphatic heterocycles. The van der Waals surface area contributed by atoms with E-state index in [1.54, 1.807) is 6.92 Å². The molecular formula is C14H18N4O. The highest BCUT2D eigenvalue weighted by atomic mass is 16.5. The number of aromatic nitrogens is 2. The van der Waals surface area contributed by atoms with Crippen molar-refractivity contribution in [3.8, 4) is 5.88 Å². The van der Waals surface area contributed by atoms with Crippen molar-refractivity contribution in [3.05, 3.63) is 47.3 Å². The van der Waals surface area contributed by atoms with Crippen LogP contribution in [0.3, 0.4) is 0 Å². The van der Waals surface area contributed by atoms with Crippen LogP contribution in [-0.4, -0.2) is 9.97 Å². The Bertz CT molecular complexity index is 557. The molecule has 1 heterocycles. The van der Waals surface area contributed by atoms with E-state index in [1.807, 2.05) is 44.2 Å². The van der Waals surface area contributed by atoms with Gasteiger partial charge in [-0.05, 0) is 26.3 Å². The highest BCUT2D eigenvalue weighted by Gasteiger charge is 2.13. The van der Waals surface area contributed by atoms with E-state index in [9.17, 15) is 0 Å². The summed E-state index contributed by atoms with van der Waals surface area (Å²) in [5, 5.41) is 0. The van der Waals surface area contributed by atoms with Gasteiger partial charge in [0.25, 0.3) is 0 Å². The van der Waals surface area contributed by atoms with Crippen LogP contribution in [0, 0.1) is 13.8 Å². The van der Waals surface area contributed by atoms with Gasteiger partial charge in [0.2, 0.25) is 5.88 Å². The molecule has 0 fully saturated rings. The van der Waals surface area contributed by atoms with Crippen LogP contribution in [-0.2, 0) is 0 Å². The molecule has 1 unspecified atom stereocenters. The van der Waals surface area contributed by atoms with Crippen molar-refractivity contribution in [1.82, 2.24) is 9.97 Å². The van der Waals surface area contributed by atoms with Crippen LogP contribution in [0.15, 0.2) is 30.3 Å². The summed E-state index contributed by atoms with van der Waals surface area (Å²) in [5.41, 5.74) is 4.46. The lowest BCUT2D eigenvalue weighted by Crippen LogP contribution is -2.14. The number of benzene rings is 1. The van der Waals surface area contributed by atoms with E-state index in [4.69, 9.17) is 10.6 Å². The SMILES string of the molecule is Cc1nc(NN)c(C)c(OC(C)c2ccccc2)n1. The van der Waals surface area contributed by atoms with E-state index in [0.717, 1.165) is 11.1 Å². The van der Waals surface area contributed by atoms with Crippen LogP contribution in [0.5, 0.6) is 5.88 Å². The Morgan fingerprint density at radius 3 is 2.47 bits per heavy atom. The minimum absolute atomic E-state index is 0.0835. The molecule has 0 spiro atoms. The summed E-state index contributed by atoms with van der Waals surface area (Å²) >= 11 is 0. The van der Waals surface area contributed by atoms with E-state index in [2.05, 4.69) is 15.4 Å². The fourth-order valence-electron chi connectivity index (χ4n) is 1.82.